The molecule has 0 saturated heterocycles. The third-order valence-corrected chi connectivity index (χ3v) is 6.10. The Morgan fingerprint density at radius 1 is 1.21 bits per heavy atom. The fourth-order valence-electron chi connectivity index (χ4n) is 3.76. The third kappa shape index (κ3) is 4.80. The lowest BCUT2D eigenvalue weighted by Gasteiger charge is -2.27. The molecule has 3 aromatic rings. The van der Waals surface area contributed by atoms with Crippen LogP contribution < -0.4 is 16.4 Å². The number of benzene rings is 1. The molecule has 8 heteroatoms. The number of aromatic nitrogens is 4. The van der Waals surface area contributed by atoms with Gasteiger partial charge in [0.2, 0.25) is 5.95 Å². The minimum atomic E-state index is 0.277. The van der Waals surface area contributed by atoms with Crippen LogP contribution in [0.2, 0.25) is 0 Å². The fraction of sp³-hybridized carbons (Fsp3) is 0.476. The number of hydrogen-bond donors (Lipinski definition) is 3. The Morgan fingerprint density at radius 2 is 2.00 bits per heavy atom. The average Bonchev–Trinajstić information content (AvgIpc) is 3.12. The molecule has 0 atom stereocenters. The molecule has 0 bridgehead atoms. The number of nitrogens with one attached hydrogen (secondary N) is 2. The number of anilines is 2. The SMILES string of the molecule is CC(C)n1cnc2c(NCc3cccc(I)c3)nc(N[C@H]3CC[C@H](N)CC3)nc21. The maximum Gasteiger partial charge on any atom is 0.227 e. The standard InChI is InChI=1S/C21H28IN7/c1-13(2)29-12-25-18-19(24-11-14-4-3-5-15(22)10-14)27-21(28-20(18)29)26-17-8-6-16(23)7-9-17/h3-5,10,12-13,16-17H,6-9,11,23H2,1-2H3,(H2,24,26,27,28)/t16-,17-. The maximum absolute atomic E-state index is 6.05. The van der Waals surface area contributed by atoms with Crippen LogP contribution >= 0.6 is 22.6 Å². The monoisotopic (exact) mass is 505 g/mol. The first-order valence-electron chi connectivity index (χ1n) is 10.2. The number of fused-ring (bicyclic) bond motifs is 1. The predicted molar refractivity (Wildman–Crippen MR) is 126 cm³/mol. The van der Waals surface area contributed by atoms with E-state index in [4.69, 9.17) is 15.7 Å². The molecule has 154 valence electrons. The van der Waals surface area contributed by atoms with Crippen molar-refractivity contribution in [3.63, 3.8) is 0 Å². The van der Waals surface area contributed by atoms with Gasteiger partial charge in [0.05, 0.1) is 6.33 Å². The Balaban J connectivity index is 1.62. The average molecular weight is 505 g/mol. The van der Waals surface area contributed by atoms with Crippen molar-refractivity contribution in [1.29, 1.82) is 0 Å². The highest BCUT2D eigenvalue weighted by molar-refractivity contribution is 14.1. The molecular weight excluding hydrogens is 477 g/mol. The van der Waals surface area contributed by atoms with Crippen LogP contribution in [-0.2, 0) is 6.54 Å². The summed E-state index contributed by atoms with van der Waals surface area (Å²) >= 11 is 2.33. The molecule has 1 aliphatic carbocycles. The van der Waals surface area contributed by atoms with Crippen molar-refractivity contribution < 1.29 is 0 Å². The van der Waals surface area contributed by atoms with Crippen LogP contribution in [0.15, 0.2) is 30.6 Å². The number of nitrogens with two attached hydrogens (primary N) is 1. The van der Waals surface area contributed by atoms with Gasteiger partial charge in [0.1, 0.15) is 0 Å². The zero-order chi connectivity index (χ0) is 20.4. The second kappa shape index (κ2) is 8.83. The molecule has 1 fully saturated rings. The van der Waals surface area contributed by atoms with E-state index < -0.39 is 0 Å². The first-order chi connectivity index (χ1) is 14.0. The highest BCUT2D eigenvalue weighted by Gasteiger charge is 2.21. The van der Waals surface area contributed by atoms with Gasteiger partial charge in [-0.2, -0.15) is 9.97 Å². The van der Waals surface area contributed by atoms with Crippen molar-refractivity contribution >= 4 is 45.5 Å². The van der Waals surface area contributed by atoms with Gasteiger partial charge in [0.25, 0.3) is 0 Å². The van der Waals surface area contributed by atoms with E-state index in [9.17, 15) is 0 Å². The molecule has 0 unspecified atom stereocenters. The summed E-state index contributed by atoms with van der Waals surface area (Å²) in [6.07, 6.45) is 6.04. The van der Waals surface area contributed by atoms with E-state index in [2.05, 4.69) is 80.9 Å². The largest absolute Gasteiger partial charge is 0.364 e. The summed E-state index contributed by atoms with van der Waals surface area (Å²) in [5.74, 6) is 1.42. The van der Waals surface area contributed by atoms with Gasteiger partial charge in [-0.15, -0.1) is 0 Å². The van der Waals surface area contributed by atoms with Crippen molar-refractivity contribution in [3.05, 3.63) is 39.7 Å². The highest BCUT2D eigenvalue weighted by Crippen LogP contribution is 2.26. The van der Waals surface area contributed by atoms with Gasteiger partial charge in [-0.25, -0.2) is 4.98 Å². The molecule has 4 rings (SSSR count). The number of nitrogens with zero attached hydrogens (tertiary/aromatic N) is 4. The molecule has 0 aliphatic heterocycles. The topological polar surface area (TPSA) is 93.7 Å². The van der Waals surface area contributed by atoms with Crippen LogP contribution in [0.1, 0.15) is 51.1 Å². The number of halogens is 1. The fourth-order valence-corrected chi connectivity index (χ4v) is 4.37. The molecule has 2 heterocycles. The molecule has 1 aliphatic rings. The highest BCUT2D eigenvalue weighted by atomic mass is 127. The van der Waals surface area contributed by atoms with Gasteiger partial charge in [0, 0.05) is 28.2 Å². The van der Waals surface area contributed by atoms with Crippen LogP contribution in [0, 0.1) is 3.57 Å². The third-order valence-electron chi connectivity index (χ3n) is 5.43. The molecule has 29 heavy (non-hydrogen) atoms. The smallest absolute Gasteiger partial charge is 0.227 e. The van der Waals surface area contributed by atoms with Gasteiger partial charge >= 0.3 is 0 Å². The molecular formula is C21H28IN7. The van der Waals surface area contributed by atoms with Crippen LogP contribution in [0.4, 0.5) is 11.8 Å². The summed E-state index contributed by atoms with van der Waals surface area (Å²) in [6, 6.07) is 9.42. The molecule has 0 radical (unpaired) electrons. The van der Waals surface area contributed by atoms with Crippen LogP contribution in [0.3, 0.4) is 0 Å². The molecule has 0 spiro atoms. The van der Waals surface area contributed by atoms with Gasteiger partial charge in [0.15, 0.2) is 17.0 Å². The normalized spacial score (nSPS) is 19.6. The van der Waals surface area contributed by atoms with Crippen LogP contribution in [0.5, 0.6) is 0 Å². The van der Waals surface area contributed by atoms with E-state index >= 15 is 0 Å². The number of rotatable bonds is 6. The van der Waals surface area contributed by atoms with Crippen LogP contribution in [-0.4, -0.2) is 31.6 Å². The summed E-state index contributed by atoms with van der Waals surface area (Å²) in [7, 11) is 0. The first-order valence-corrected chi connectivity index (χ1v) is 11.3. The van der Waals surface area contributed by atoms with E-state index in [1.807, 2.05) is 6.33 Å². The molecule has 0 amide bonds. The Kier molecular flexibility index (Phi) is 6.19. The zero-order valence-corrected chi connectivity index (χ0v) is 19.1. The molecule has 7 nitrogen and oxygen atoms in total. The molecule has 1 aromatic carbocycles. The van der Waals surface area contributed by atoms with E-state index in [0.29, 0.717) is 24.6 Å². The molecule has 2 aromatic heterocycles. The Morgan fingerprint density at radius 3 is 2.72 bits per heavy atom. The number of imidazole rings is 1. The van der Waals surface area contributed by atoms with Gasteiger partial charge in [-0.1, -0.05) is 12.1 Å². The van der Waals surface area contributed by atoms with Crippen molar-refractivity contribution in [3.8, 4) is 0 Å². The second-order valence-corrected chi connectivity index (χ2v) is 9.30. The lowest BCUT2D eigenvalue weighted by Crippen LogP contribution is -2.33. The summed E-state index contributed by atoms with van der Waals surface area (Å²) in [5.41, 5.74) is 8.93. The Bertz CT molecular complexity index is 976. The van der Waals surface area contributed by atoms with Crippen molar-refractivity contribution in [1.82, 2.24) is 19.5 Å². The van der Waals surface area contributed by atoms with E-state index in [1.54, 1.807) is 0 Å². The van der Waals surface area contributed by atoms with Crippen molar-refractivity contribution in [2.45, 2.75) is 64.2 Å². The lowest BCUT2D eigenvalue weighted by molar-refractivity contribution is 0.410. The molecule has 1 saturated carbocycles. The van der Waals surface area contributed by atoms with E-state index in [1.165, 1.54) is 9.13 Å². The second-order valence-electron chi connectivity index (χ2n) is 8.05. The first kappa shape index (κ1) is 20.3. The summed E-state index contributed by atoms with van der Waals surface area (Å²) in [4.78, 5) is 14.2. The minimum absolute atomic E-state index is 0.277. The van der Waals surface area contributed by atoms with E-state index in [0.717, 1.165) is 42.7 Å². The quantitative estimate of drug-likeness (QED) is 0.433. The zero-order valence-electron chi connectivity index (χ0n) is 16.9. The summed E-state index contributed by atoms with van der Waals surface area (Å²) in [5, 5.41) is 7.01. The summed E-state index contributed by atoms with van der Waals surface area (Å²) in [6.45, 7) is 4.96. The lowest BCUT2D eigenvalue weighted by atomic mass is 9.92. The summed E-state index contributed by atoms with van der Waals surface area (Å²) < 4.78 is 3.31. The minimum Gasteiger partial charge on any atom is -0.364 e. The van der Waals surface area contributed by atoms with Gasteiger partial charge in [-0.05, 0) is 79.8 Å². The Labute approximate surface area is 185 Å². The van der Waals surface area contributed by atoms with Crippen molar-refractivity contribution in [2.75, 3.05) is 10.6 Å². The predicted octanol–water partition coefficient (Wildman–Crippen LogP) is 4.31. The maximum atomic E-state index is 6.05. The van der Waals surface area contributed by atoms with Crippen LogP contribution in [0.25, 0.3) is 11.2 Å². The number of hydrogen-bond acceptors (Lipinski definition) is 6. The van der Waals surface area contributed by atoms with Gasteiger partial charge < -0.3 is 20.9 Å². The van der Waals surface area contributed by atoms with E-state index in [-0.39, 0.29) is 6.04 Å². The van der Waals surface area contributed by atoms with Gasteiger partial charge in [-0.3, -0.25) is 0 Å². The Hall–Kier alpha value is -1.94. The van der Waals surface area contributed by atoms with Crippen molar-refractivity contribution in [2.24, 2.45) is 5.73 Å². The molecule has 4 N–H and O–H groups in total.